The molecule has 21 heavy (non-hydrogen) atoms. The summed E-state index contributed by atoms with van der Waals surface area (Å²) in [4.78, 5) is 0. The van der Waals surface area contributed by atoms with Crippen LogP contribution in [-0.2, 0) is 5.41 Å². The van der Waals surface area contributed by atoms with Crippen LogP contribution in [0.1, 0.15) is 57.1 Å². The van der Waals surface area contributed by atoms with E-state index in [1.54, 1.807) is 0 Å². The Kier molecular flexibility index (Phi) is 5.44. The molecule has 0 bridgehead atoms. The standard InChI is InChI=1S/C20H26O/c1-3-5-11-16-20(4-2,17-12-7-6-8-13-17)18-14-9-10-15-19(18)21/h6-10,12-15,21H,3-5,11,16H2,1-2H3. The maximum absolute atomic E-state index is 10.4. The van der Waals surface area contributed by atoms with Crippen LogP contribution in [0.4, 0.5) is 0 Å². The fourth-order valence-corrected chi connectivity index (χ4v) is 3.32. The molecule has 1 N–H and O–H groups in total. The molecule has 2 aromatic rings. The molecular weight excluding hydrogens is 256 g/mol. The first-order valence-electron chi connectivity index (χ1n) is 8.08. The van der Waals surface area contributed by atoms with Crippen molar-refractivity contribution in [1.29, 1.82) is 0 Å². The third-order valence-electron chi connectivity index (χ3n) is 4.56. The topological polar surface area (TPSA) is 20.2 Å². The molecule has 0 fully saturated rings. The van der Waals surface area contributed by atoms with Crippen LogP contribution in [0, 0.1) is 0 Å². The molecule has 1 nitrogen and oxygen atoms in total. The van der Waals surface area contributed by atoms with Gasteiger partial charge in [0.25, 0.3) is 0 Å². The largest absolute Gasteiger partial charge is 0.508 e. The van der Waals surface area contributed by atoms with Gasteiger partial charge in [0.15, 0.2) is 0 Å². The molecule has 0 saturated carbocycles. The van der Waals surface area contributed by atoms with Crippen molar-refractivity contribution >= 4 is 0 Å². The van der Waals surface area contributed by atoms with Crippen molar-refractivity contribution in [3.05, 3.63) is 65.7 Å². The second kappa shape index (κ2) is 7.31. The second-order valence-electron chi connectivity index (χ2n) is 5.78. The Hall–Kier alpha value is -1.76. The first-order valence-corrected chi connectivity index (χ1v) is 8.08. The Balaban J connectivity index is 2.49. The number of para-hydroxylation sites is 1. The van der Waals surface area contributed by atoms with E-state index in [2.05, 4.69) is 50.2 Å². The van der Waals surface area contributed by atoms with Gasteiger partial charge in [0.05, 0.1) is 0 Å². The molecule has 0 heterocycles. The van der Waals surface area contributed by atoms with Gasteiger partial charge in [-0.3, -0.25) is 0 Å². The molecule has 2 aromatic carbocycles. The number of phenolic OH excluding ortho intramolecular Hbond substituents is 1. The summed E-state index contributed by atoms with van der Waals surface area (Å²) in [5, 5.41) is 10.4. The summed E-state index contributed by atoms with van der Waals surface area (Å²) in [6, 6.07) is 18.5. The van der Waals surface area contributed by atoms with E-state index in [1.807, 2.05) is 18.2 Å². The van der Waals surface area contributed by atoms with E-state index < -0.39 is 0 Å². The molecule has 2 rings (SSSR count). The van der Waals surface area contributed by atoms with E-state index in [9.17, 15) is 5.11 Å². The van der Waals surface area contributed by atoms with Gasteiger partial charge >= 0.3 is 0 Å². The third kappa shape index (κ3) is 3.29. The lowest BCUT2D eigenvalue weighted by Crippen LogP contribution is -2.27. The van der Waals surface area contributed by atoms with E-state index in [0.717, 1.165) is 18.4 Å². The number of rotatable bonds is 7. The molecule has 0 aromatic heterocycles. The number of hydrogen-bond donors (Lipinski definition) is 1. The highest BCUT2D eigenvalue weighted by Gasteiger charge is 2.33. The van der Waals surface area contributed by atoms with Crippen molar-refractivity contribution in [2.45, 2.75) is 51.4 Å². The molecule has 112 valence electrons. The predicted molar refractivity (Wildman–Crippen MR) is 89.8 cm³/mol. The summed E-state index contributed by atoms with van der Waals surface area (Å²) < 4.78 is 0. The molecule has 0 amide bonds. The van der Waals surface area contributed by atoms with Gasteiger partial charge in [-0.2, -0.15) is 0 Å². The highest BCUT2D eigenvalue weighted by atomic mass is 16.3. The molecule has 1 heteroatoms. The van der Waals surface area contributed by atoms with Crippen LogP contribution >= 0.6 is 0 Å². The number of aromatic hydroxyl groups is 1. The minimum Gasteiger partial charge on any atom is -0.508 e. The average Bonchev–Trinajstić information content (AvgIpc) is 2.54. The van der Waals surface area contributed by atoms with Crippen molar-refractivity contribution in [2.75, 3.05) is 0 Å². The summed E-state index contributed by atoms with van der Waals surface area (Å²) in [5.41, 5.74) is 2.29. The maximum atomic E-state index is 10.4. The van der Waals surface area contributed by atoms with Crippen LogP contribution in [0.25, 0.3) is 0 Å². The van der Waals surface area contributed by atoms with Gasteiger partial charge in [0.2, 0.25) is 0 Å². The first kappa shape index (κ1) is 15.6. The molecule has 1 unspecified atom stereocenters. The van der Waals surface area contributed by atoms with Gasteiger partial charge in [-0.1, -0.05) is 81.6 Å². The van der Waals surface area contributed by atoms with Crippen LogP contribution in [0.3, 0.4) is 0 Å². The zero-order valence-electron chi connectivity index (χ0n) is 13.2. The summed E-state index contributed by atoms with van der Waals surface area (Å²) in [5.74, 6) is 0.416. The molecule has 0 aliphatic rings. The van der Waals surface area contributed by atoms with Crippen LogP contribution in [0.2, 0.25) is 0 Å². The van der Waals surface area contributed by atoms with Crippen molar-refractivity contribution in [3.8, 4) is 5.75 Å². The quantitative estimate of drug-likeness (QED) is 0.649. The van der Waals surface area contributed by atoms with Crippen molar-refractivity contribution in [1.82, 2.24) is 0 Å². The lowest BCUT2D eigenvalue weighted by Gasteiger charge is -2.35. The molecule has 0 radical (unpaired) electrons. The fraction of sp³-hybridized carbons (Fsp3) is 0.400. The normalized spacial score (nSPS) is 13.8. The smallest absolute Gasteiger partial charge is 0.119 e. The number of phenols is 1. The van der Waals surface area contributed by atoms with Crippen LogP contribution < -0.4 is 0 Å². The molecule has 0 saturated heterocycles. The number of benzene rings is 2. The Bertz CT molecular complexity index is 547. The van der Waals surface area contributed by atoms with Gasteiger partial charge in [0.1, 0.15) is 5.75 Å². The van der Waals surface area contributed by atoms with Gasteiger partial charge in [0, 0.05) is 11.0 Å². The lowest BCUT2D eigenvalue weighted by molar-refractivity contribution is 0.397. The van der Waals surface area contributed by atoms with Gasteiger partial charge in [-0.15, -0.1) is 0 Å². The Labute approximate surface area is 128 Å². The Morgan fingerprint density at radius 3 is 2.14 bits per heavy atom. The zero-order chi connectivity index (χ0) is 15.1. The summed E-state index contributed by atoms with van der Waals surface area (Å²) >= 11 is 0. The van der Waals surface area contributed by atoms with Gasteiger partial charge < -0.3 is 5.11 Å². The molecule has 0 aliphatic heterocycles. The number of hydrogen-bond acceptors (Lipinski definition) is 1. The van der Waals surface area contributed by atoms with Gasteiger partial charge in [-0.25, -0.2) is 0 Å². The van der Waals surface area contributed by atoms with Crippen LogP contribution in [-0.4, -0.2) is 5.11 Å². The molecule has 0 aliphatic carbocycles. The van der Waals surface area contributed by atoms with Crippen LogP contribution in [0.15, 0.2) is 54.6 Å². The van der Waals surface area contributed by atoms with E-state index in [0.29, 0.717) is 5.75 Å². The predicted octanol–water partition coefficient (Wildman–Crippen LogP) is 5.67. The van der Waals surface area contributed by atoms with Crippen molar-refractivity contribution < 1.29 is 5.11 Å². The van der Waals surface area contributed by atoms with Crippen molar-refractivity contribution in [2.24, 2.45) is 0 Å². The zero-order valence-corrected chi connectivity index (χ0v) is 13.2. The van der Waals surface area contributed by atoms with E-state index in [-0.39, 0.29) is 5.41 Å². The van der Waals surface area contributed by atoms with E-state index >= 15 is 0 Å². The van der Waals surface area contributed by atoms with Crippen LogP contribution in [0.5, 0.6) is 5.75 Å². The average molecular weight is 282 g/mol. The lowest BCUT2D eigenvalue weighted by atomic mass is 9.69. The highest BCUT2D eigenvalue weighted by molar-refractivity contribution is 5.46. The minimum atomic E-state index is -0.0816. The molecule has 0 spiro atoms. The fourth-order valence-electron chi connectivity index (χ4n) is 3.32. The SMILES string of the molecule is CCCCCC(CC)(c1ccccc1)c1ccccc1O. The highest BCUT2D eigenvalue weighted by Crippen LogP contribution is 2.43. The molecule has 1 atom stereocenters. The summed E-state index contributed by atoms with van der Waals surface area (Å²) in [7, 11) is 0. The molecular formula is C20H26O. The summed E-state index contributed by atoms with van der Waals surface area (Å²) in [6.45, 7) is 4.46. The van der Waals surface area contributed by atoms with Gasteiger partial charge in [-0.05, 0) is 24.5 Å². The third-order valence-corrected chi connectivity index (χ3v) is 4.56. The summed E-state index contributed by atoms with van der Waals surface area (Å²) in [6.07, 6.45) is 5.72. The monoisotopic (exact) mass is 282 g/mol. The Morgan fingerprint density at radius 2 is 1.52 bits per heavy atom. The minimum absolute atomic E-state index is 0.0816. The van der Waals surface area contributed by atoms with E-state index in [4.69, 9.17) is 0 Å². The van der Waals surface area contributed by atoms with Crippen molar-refractivity contribution in [3.63, 3.8) is 0 Å². The maximum Gasteiger partial charge on any atom is 0.119 e. The number of unbranched alkanes of at least 4 members (excludes halogenated alkanes) is 2. The second-order valence-corrected chi connectivity index (χ2v) is 5.78. The Morgan fingerprint density at radius 1 is 0.857 bits per heavy atom. The first-order chi connectivity index (χ1) is 10.2. The van der Waals surface area contributed by atoms with E-state index in [1.165, 1.54) is 24.8 Å².